The molecule has 1 N–H and O–H groups in total. The standard InChI is InChI=1S/C13H19FN2O/c1-13(2,3)17-12-9(6-10(14)8-16-12)7-15-11-4-5-11/h6,8,11,15H,4-5,7H2,1-3H3. The van der Waals surface area contributed by atoms with Gasteiger partial charge in [-0.15, -0.1) is 0 Å². The van der Waals surface area contributed by atoms with Crippen LogP contribution in [0, 0.1) is 5.82 Å². The molecule has 1 aromatic rings. The van der Waals surface area contributed by atoms with Crippen molar-refractivity contribution >= 4 is 0 Å². The van der Waals surface area contributed by atoms with Crippen LogP contribution in [0.15, 0.2) is 12.3 Å². The molecule has 1 aromatic heterocycles. The fourth-order valence-corrected chi connectivity index (χ4v) is 1.52. The van der Waals surface area contributed by atoms with Crippen molar-refractivity contribution in [3.05, 3.63) is 23.6 Å². The molecule has 3 nitrogen and oxygen atoms in total. The van der Waals surface area contributed by atoms with E-state index in [2.05, 4.69) is 10.3 Å². The van der Waals surface area contributed by atoms with Crippen LogP contribution in [-0.2, 0) is 6.54 Å². The summed E-state index contributed by atoms with van der Waals surface area (Å²) in [6.45, 7) is 6.48. The van der Waals surface area contributed by atoms with Gasteiger partial charge in [-0.1, -0.05) is 0 Å². The molecule has 0 aromatic carbocycles. The van der Waals surface area contributed by atoms with Gasteiger partial charge in [-0.25, -0.2) is 9.37 Å². The highest BCUT2D eigenvalue weighted by atomic mass is 19.1. The van der Waals surface area contributed by atoms with E-state index in [1.165, 1.54) is 25.1 Å². The third-order valence-corrected chi connectivity index (χ3v) is 2.45. The molecule has 0 aliphatic heterocycles. The largest absolute Gasteiger partial charge is 0.472 e. The molecule has 1 heterocycles. The van der Waals surface area contributed by atoms with E-state index in [1.807, 2.05) is 20.8 Å². The second kappa shape index (κ2) is 4.61. The molecule has 1 aliphatic rings. The van der Waals surface area contributed by atoms with E-state index in [0.29, 0.717) is 18.5 Å². The Balaban J connectivity index is 2.11. The molecule has 0 radical (unpaired) electrons. The third-order valence-electron chi connectivity index (χ3n) is 2.45. The maximum Gasteiger partial charge on any atom is 0.218 e. The Labute approximate surface area is 101 Å². The van der Waals surface area contributed by atoms with Crippen LogP contribution in [0.5, 0.6) is 5.88 Å². The van der Waals surface area contributed by atoms with E-state index in [9.17, 15) is 4.39 Å². The lowest BCUT2D eigenvalue weighted by atomic mass is 10.2. The molecule has 4 heteroatoms. The molecule has 17 heavy (non-hydrogen) atoms. The van der Waals surface area contributed by atoms with Crippen molar-refractivity contribution in [2.75, 3.05) is 0 Å². The fraction of sp³-hybridized carbons (Fsp3) is 0.615. The molecule has 0 amide bonds. The number of nitrogens with zero attached hydrogens (tertiary/aromatic N) is 1. The Morgan fingerprint density at radius 3 is 2.76 bits per heavy atom. The van der Waals surface area contributed by atoms with Crippen LogP contribution in [0.3, 0.4) is 0 Å². The zero-order valence-corrected chi connectivity index (χ0v) is 10.6. The Kier molecular flexibility index (Phi) is 3.33. The first-order valence-corrected chi connectivity index (χ1v) is 6.01. The summed E-state index contributed by atoms with van der Waals surface area (Å²) in [5.41, 5.74) is 0.464. The summed E-state index contributed by atoms with van der Waals surface area (Å²) in [4.78, 5) is 4.02. The first kappa shape index (κ1) is 12.3. The van der Waals surface area contributed by atoms with E-state index < -0.39 is 0 Å². The number of pyridine rings is 1. The Bertz CT molecular complexity index is 397. The van der Waals surface area contributed by atoms with E-state index in [0.717, 1.165) is 5.56 Å². The maximum absolute atomic E-state index is 13.2. The SMILES string of the molecule is CC(C)(C)Oc1ncc(F)cc1CNC1CC1. The van der Waals surface area contributed by atoms with Gasteiger partial charge in [-0.05, 0) is 39.7 Å². The van der Waals surface area contributed by atoms with E-state index >= 15 is 0 Å². The topological polar surface area (TPSA) is 34.1 Å². The van der Waals surface area contributed by atoms with Crippen LogP contribution in [0.1, 0.15) is 39.2 Å². The van der Waals surface area contributed by atoms with Crippen molar-refractivity contribution in [1.29, 1.82) is 0 Å². The highest BCUT2D eigenvalue weighted by Crippen LogP contribution is 2.24. The fourth-order valence-electron chi connectivity index (χ4n) is 1.52. The van der Waals surface area contributed by atoms with Gasteiger partial charge in [0.25, 0.3) is 0 Å². The minimum atomic E-state index is -0.321. The monoisotopic (exact) mass is 238 g/mol. The zero-order chi connectivity index (χ0) is 12.5. The number of rotatable bonds is 4. The Morgan fingerprint density at radius 2 is 2.18 bits per heavy atom. The van der Waals surface area contributed by atoms with E-state index in [4.69, 9.17) is 4.74 Å². The lowest BCUT2D eigenvalue weighted by Gasteiger charge is -2.22. The van der Waals surface area contributed by atoms with Gasteiger partial charge in [0.05, 0.1) is 6.20 Å². The summed E-state index contributed by atoms with van der Waals surface area (Å²) >= 11 is 0. The van der Waals surface area contributed by atoms with Crippen molar-refractivity contribution in [3.63, 3.8) is 0 Å². The van der Waals surface area contributed by atoms with Gasteiger partial charge >= 0.3 is 0 Å². The minimum absolute atomic E-state index is 0.320. The molecular formula is C13H19FN2O. The van der Waals surface area contributed by atoms with Crippen LogP contribution in [0.4, 0.5) is 4.39 Å². The molecule has 0 atom stereocenters. The van der Waals surface area contributed by atoms with Crippen molar-refractivity contribution < 1.29 is 9.13 Å². The Hall–Kier alpha value is -1.16. The quantitative estimate of drug-likeness (QED) is 0.875. The van der Waals surface area contributed by atoms with Crippen molar-refractivity contribution in [3.8, 4) is 5.88 Å². The summed E-state index contributed by atoms with van der Waals surface area (Å²) < 4.78 is 18.9. The smallest absolute Gasteiger partial charge is 0.218 e. The Morgan fingerprint density at radius 1 is 1.47 bits per heavy atom. The molecule has 0 bridgehead atoms. The number of ether oxygens (including phenoxy) is 1. The summed E-state index contributed by atoms with van der Waals surface area (Å²) in [6.07, 6.45) is 3.61. The van der Waals surface area contributed by atoms with E-state index in [1.54, 1.807) is 0 Å². The predicted molar refractivity (Wildman–Crippen MR) is 64.4 cm³/mol. The van der Waals surface area contributed by atoms with Gasteiger partial charge in [0, 0.05) is 18.2 Å². The van der Waals surface area contributed by atoms with E-state index in [-0.39, 0.29) is 11.4 Å². The summed E-state index contributed by atoms with van der Waals surface area (Å²) in [6, 6.07) is 2.07. The number of hydrogen-bond donors (Lipinski definition) is 1. The molecule has 1 aliphatic carbocycles. The van der Waals surface area contributed by atoms with Crippen LogP contribution >= 0.6 is 0 Å². The number of hydrogen-bond acceptors (Lipinski definition) is 3. The van der Waals surface area contributed by atoms with Crippen LogP contribution in [0.2, 0.25) is 0 Å². The molecule has 0 unspecified atom stereocenters. The zero-order valence-electron chi connectivity index (χ0n) is 10.6. The summed E-state index contributed by atoms with van der Waals surface area (Å²) in [5, 5.41) is 3.34. The van der Waals surface area contributed by atoms with Crippen molar-refractivity contribution in [1.82, 2.24) is 10.3 Å². The van der Waals surface area contributed by atoms with Gasteiger partial charge in [0.15, 0.2) is 0 Å². The van der Waals surface area contributed by atoms with Gasteiger partial charge in [-0.3, -0.25) is 0 Å². The number of halogens is 1. The molecule has 0 saturated heterocycles. The summed E-state index contributed by atoms with van der Waals surface area (Å²) in [7, 11) is 0. The lowest BCUT2D eigenvalue weighted by molar-refractivity contribution is 0.122. The number of aromatic nitrogens is 1. The summed E-state index contributed by atoms with van der Waals surface area (Å²) in [5.74, 6) is 0.200. The lowest BCUT2D eigenvalue weighted by Crippen LogP contribution is -2.25. The first-order valence-electron chi connectivity index (χ1n) is 6.01. The average molecular weight is 238 g/mol. The number of nitrogens with one attached hydrogen (secondary N) is 1. The molecule has 0 spiro atoms. The molecule has 2 rings (SSSR count). The van der Waals surface area contributed by atoms with Crippen LogP contribution in [0.25, 0.3) is 0 Å². The molecule has 1 saturated carbocycles. The van der Waals surface area contributed by atoms with Gasteiger partial charge < -0.3 is 10.1 Å². The van der Waals surface area contributed by atoms with Gasteiger partial charge in [0.2, 0.25) is 5.88 Å². The second-order valence-electron chi connectivity index (χ2n) is 5.49. The predicted octanol–water partition coefficient (Wildman–Crippen LogP) is 2.65. The average Bonchev–Trinajstić information content (AvgIpc) is 3.00. The first-order chi connectivity index (χ1) is 7.94. The second-order valence-corrected chi connectivity index (χ2v) is 5.49. The normalized spacial score (nSPS) is 16.0. The highest BCUT2D eigenvalue weighted by Gasteiger charge is 2.22. The van der Waals surface area contributed by atoms with Gasteiger partial charge in [0.1, 0.15) is 11.4 Å². The molecule has 94 valence electrons. The van der Waals surface area contributed by atoms with Crippen LogP contribution in [-0.4, -0.2) is 16.6 Å². The molecule has 1 fully saturated rings. The van der Waals surface area contributed by atoms with Gasteiger partial charge in [-0.2, -0.15) is 0 Å². The van der Waals surface area contributed by atoms with Crippen molar-refractivity contribution in [2.24, 2.45) is 0 Å². The third kappa shape index (κ3) is 3.97. The minimum Gasteiger partial charge on any atom is -0.472 e. The highest BCUT2D eigenvalue weighted by molar-refractivity contribution is 5.26. The van der Waals surface area contributed by atoms with Crippen LogP contribution < -0.4 is 10.1 Å². The molecular weight excluding hydrogens is 219 g/mol. The van der Waals surface area contributed by atoms with Crippen molar-refractivity contribution in [2.45, 2.75) is 51.8 Å². The maximum atomic E-state index is 13.2.